The number of nitrogens with one attached hydrogen (secondary N) is 2. The van der Waals surface area contributed by atoms with Crippen LogP contribution in [-0.2, 0) is 21.4 Å². The molecule has 0 aromatic heterocycles. The van der Waals surface area contributed by atoms with E-state index in [1.165, 1.54) is 0 Å². The number of aryl methyl sites for hydroxylation is 1. The number of carboxylic acids is 1. The molecule has 104 valence electrons. The van der Waals surface area contributed by atoms with Gasteiger partial charge in [-0.1, -0.05) is 12.1 Å². The molecule has 1 aromatic rings. The Morgan fingerprint density at radius 1 is 1.26 bits per heavy atom. The molecule has 1 aromatic carbocycles. The lowest BCUT2D eigenvalue weighted by Crippen LogP contribution is -2.31. The Kier molecular flexibility index (Phi) is 4.06. The summed E-state index contributed by atoms with van der Waals surface area (Å²) in [5.41, 5.74) is 1.33. The molecule has 0 aliphatic heterocycles. The van der Waals surface area contributed by atoms with E-state index >= 15 is 0 Å². The topological polar surface area (TPSA) is 95.5 Å². The summed E-state index contributed by atoms with van der Waals surface area (Å²) in [6.07, 6.45) is 2.26. The molecule has 1 aliphatic carbocycles. The van der Waals surface area contributed by atoms with Gasteiger partial charge in [0.1, 0.15) is 0 Å². The van der Waals surface area contributed by atoms with Crippen LogP contribution in [0.5, 0.6) is 0 Å². The maximum Gasteiger partial charge on any atom is 0.303 e. The summed E-state index contributed by atoms with van der Waals surface area (Å²) in [6, 6.07) is 6.76. The fourth-order valence-electron chi connectivity index (χ4n) is 1.60. The van der Waals surface area contributed by atoms with E-state index in [4.69, 9.17) is 5.11 Å². The molecule has 0 unspecified atom stereocenters. The predicted molar refractivity (Wildman–Crippen MR) is 71.1 cm³/mol. The van der Waals surface area contributed by atoms with Gasteiger partial charge in [0.25, 0.3) is 10.2 Å². The van der Waals surface area contributed by atoms with Crippen molar-refractivity contribution in [2.24, 2.45) is 0 Å². The SMILES string of the molecule is O=C(O)CCc1ccc(NS(=O)(=O)NC2CC2)cc1. The van der Waals surface area contributed by atoms with Gasteiger partial charge in [-0.15, -0.1) is 0 Å². The van der Waals surface area contributed by atoms with Gasteiger partial charge in [-0.25, -0.2) is 0 Å². The van der Waals surface area contributed by atoms with Gasteiger partial charge in [-0.05, 0) is 37.0 Å². The first-order valence-corrected chi connectivity index (χ1v) is 7.54. The predicted octanol–water partition coefficient (Wildman–Crippen LogP) is 1.11. The third-order valence-corrected chi connectivity index (χ3v) is 3.88. The van der Waals surface area contributed by atoms with Crippen LogP contribution in [0.25, 0.3) is 0 Å². The fraction of sp³-hybridized carbons (Fsp3) is 0.417. The Morgan fingerprint density at radius 2 is 1.89 bits per heavy atom. The van der Waals surface area contributed by atoms with Crippen molar-refractivity contribution in [3.8, 4) is 0 Å². The third-order valence-electron chi connectivity index (χ3n) is 2.73. The monoisotopic (exact) mass is 284 g/mol. The minimum absolute atomic E-state index is 0.0624. The van der Waals surface area contributed by atoms with Gasteiger partial charge >= 0.3 is 5.97 Å². The number of anilines is 1. The van der Waals surface area contributed by atoms with Gasteiger partial charge in [-0.3, -0.25) is 9.52 Å². The zero-order valence-corrected chi connectivity index (χ0v) is 11.1. The number of benzene rings is 1. The van der Waals surface area contributed by atoms with Crippen molar-refractivity contribution in [3.05, 3.63) is 29.8 Å². The lowest BCUT2D eigenvalue weighted by Gasteiger charge is -2.09. The summed E-state index contributed by atoms with van der Waals surface area (Å²) in [4.78, 5) is 10.4. The van der Waals surface area contributed by atoms with Gasteiger partial charge in [0, 0.05) is 18.2 Å². The summed E-state index contributed by atoms with van der Waals surface area (Å²) in [5.74, 6) is -0.849. The van der Waals surface area contributed by atoms with Crippen LogP contribution in [-0.4, -0.2) is 25.5 Å². The standard InChI is InChI=1S/C12H16N2O4S/c15-12(16)8-3-9-1-4-10(5-2-9)13-19(17,18)14-11-6-7-11/h1-2,4-5,11,13-14H,3,6-8H2,(H,15,16). The Balaban J connectivity index is 1.92. The van der Waals surface area contributed by atoms with Crippen LogP contribution in [0.1, 0.15) is 24.8 Å². The zero-order valence-electron chi connectivity index (χ0n) is 10.3. The van der Waals surface area contributed by atoms with Crippen molar-refractivity contribution in [2.75, 3.05) is 4.72 Å². The molecular weight excluding hydrogens is 268 g/mol. The number of hydrogen-bond donors (Lipinski definition) is 3. The molecule has 1 fully saturated rings. The first-order chi connectivity index (χ1) is 8.94. The molecule has 0 amide bonds. The van der Waals surface area contributed by atoms with Crippen LogP contribution >= 0.6 is 0 Å². The molecule has 0 spiro atoms. The molecule has 0 bridgehead atoms. The lowest BCUT2D eigenvalue weighted by atomic mass is 10.1. The van der Waals surface area contributed by atoms with Crippen molar-refractivity contribution in [3.63, 3.8) is 0 Å². The second kappa shape index (κ2) is 5.58. The molecule has 0 atom stereocenters. The Morgan fingerprint density at radius 3 is 2.42 bits per heavy atom. The molecule has 19 heavy (non-hydrogen) atoms. The van der Waals surface area contributed by atoms with Crippen molar-refractivity contribution in [1.29, 1.82) is 0 Å². The lowest BCUT2D eigenvalue weighted by molar-refractivity contribution is -0.136. The fourth-order valence-corrected chi connectivity index (χ4v) is 2.78. The smallest absolute Gasteiger partial charge is 0.303 e. The average Bonchev–Trinajstić information content (AvgIpc) is 3.10. The Bertz CT molecular complexity index is 550. The van der Waals surface area contributed by atoms with E-state index in [-0.39, 0.29) is 12.5 Å². The molecule has 6 nitrogen and oxygen atoms in total. The van der Waals surface area contributed by atoms with Crippen molar-refractivity contribution in [1.82, 2.24) is 4.72 Å². The Labute approximate surface area is 112 Å². The van der Waals surface area contributed by atoms with E-state index in [0.717, 1.165) is 18.4 Å². The maximum atomic E-state index is 11.7. The largest absolute Gasteiger partial charge is 0.481 e. The normalized spacial score (nSPS) is 15.2. The zero-order chi connectivity index (χ0) is 13.9. The molecule has 1 saturated carbocycles. The van der Waals surface area contributed by atoms with E-state index in [1.807, 2.05) is 0 Å². The van der Waals surface area contributed by atoms with Crippen LogP contribution in [0.15, 0.2) is 24.3 Å². The molecule has 0 heterocycles. The Hall–Kier alpha value is -1.60. The molecule has 2 rings (SSSR count). The van der Waals surface area contributed by atoms with Crippen LogP contribution in [0.3, 0.4) is 0 Å². The van der Waals surface area contributed by atoms with Gasteiger partial charge in [0.2, 0.25) is 0 Å². The quantitative estimate of drug-likeness (QED) is 0.699. The molecule has 7 heteroatoms. The van der Waals surface area contributed by atoms with Crippen molar-refractivity contribution in [2.45, 2.75) is 31.7 Å². The molecule has 1 aliphatic rings. The van der Waals surface area contributed by atoms with E-state index < -0.39 is 16.2 Å². The van der Waals surface area contributed by atoms with E-state index in [1.54, 1.807) is 24.3 Å². The number of carboxylic acid groups (broad SMARTS) is 1. The molecular formula is C12H16N2O4S. The molecule has 3 N–H and O–H groups in total. The van der Waals surface area contributed by atoms with Crippen LogP contribution < -0.4 is 9.44 Å². The molecule has 0 radical (unpaired) electrons. The van der Waals surface area contributed by atoms with E-state index in [0.29, 0.717) is 12.1 Å². The van der Waals surface area contributed by atoms with Crippen LogP contribution in [0, 0.1) is 0 Å². The summed E-state index contributed by atoms with van der Waals surface area (Å²) < 4.78 is 28.2. The second-order valence-electron chi connectivity index (χ2n) is 4.59. The van der Waals surface area contributed by atoms with E-state index in [9.17, 15) is 13.2 Å². The highest BCUT2D eigenvalue weighted by Gasteiger charge is 2.26. The summed E-state index contributed by atoms with van der Waals surface area (Å²) in [7, 11) is -3.50. The highest BCUT2D eigenvalue weighted by molar-refractivity contribution is 7.90. The van der Waals surface area contributed by atoms with Crippen molar-refractivity contribution < 1.29 is 18.3 Å². The summed E-state index contributed by atoms with van der Waals surface area (Å²) >= 11 is 0. The highest BCUT2D eigenvalue weighted by Crippen LogP contribution is 2.20. The minimum atomic E-state index is -3.50. The van der Waals surface area contributed by atoms with Gasteiger partial charge in [0.05, 0.1) is 0 Å². The van der Waals surface area contributed by atoms with Crippen LogP contribution in [0.2, 0.25) is 0 Å². The highest BCUT2D eigenvalue weighted by atomic mass is 32.2. The number of hydrogen-bond acceptors (Lipinski definition) is 3. The minimum Gasteiger partial charge on any atom is -0.481 e. The number of rotatable bonds is 7. The number of aliphatic carboxylic acids is 1. The number of carbonyl (C=O) groups is 1. The van der Waals surface area contributed by atoms with Crippen LogP contribution in [0.4, 0.5) is 5.69 Å². The van der Waals surface area contributed by atoms with E-state index in [2.05, 4.69) is 9.44 Å². The summed E-state index contributed by atoms with van der Waals surface area (Å²) in [6.45, 7) is 0. The maximum absolute atomic E-state index is 11.7. The first kappa shape index (κ1) is 13.8. The third kappa shape index (κ3) is 4.88. The van der Waals surface area contributed by atoms with Gasteiger partial charge in [-0.2, -0.15) is 13.1 Å². The second-order valence-corrected chi connectivity index (χ2v) is 6.03. The van der Waals surface area contributed by atoms with Crippen molar-refractivity contribution >= 4 is 21.9 Å². The summed E-state index contributed by atoms with van der Waals surface area (Å²) in [5, 5.41) is 8.57. The van der Waals surface area contributed by atoms with Gasteiger partial charge < -0.3 is 5.11 Å². The average molecular weight is 284 g/mol. The van der Waals surface area contributed by atoms with Gasteiger partial charge in [0.15, 0.2) is 0 Å². The first-order valence-electron chi connectivity index (χ1n) is 6.05. The molecule has 0 saturated heterocycles.